The largest absolute Gasteiger partial charge is 0.310 e. The maximum atomic E-state index is 2.37. The highest BCUT2D eigenvalue weighted by Crippen LogP contribution is 2.42. The van der Waals surface area contributed by atoms with Gasteiger partial charge in [-0.15, -0.1) is 0 Å². The molecule has 0 bridgehead atoms. The highest BCUT2D eigenvalue weighted by atomic mass is 15.1. The Labute approximate surface area is 264 Å². The SMILES string of the molecule is c1ccc(-c2cccc3c2c(-c2cccc(-c4cccc(N(c5ccccc5)c5ccccc5)c4)c2)cc2ccccc23)cc1. The van der Waals surface area contributed by atoms with Gasteiger partial charge >= 0.3 is 0 Å². The fourth-order valence-corrected chi connectivity index (χ4v) is 6.54. The van der Waals surface area contributed by atoms with E-state index in [1.165, 1.54) is 54.9 Å². The lowest BCUT2D eigenvalue weighted by Gasteiger charge is -2.26. The van der Waals surface area contributed by atoms with Crippen molar-refractivity contribution in [2.24, 2.45) is 0 Å². The molecule has 1 nitrogen and oxygen atoms in total. The first-order chi connectivity index (χ1) is 22.3. The first-order valence-corrected chi connectivity index (χ1v) is 15.4. The summed E-state index contributed by atoms with van der Waals surface area (Å²) in [5.74, 6) is 0. The molecule has 45 heavy (non-hydrogen) atoms. The summed E-state index contributed by atoms with van der Waals surface area (Å²) >= 11 is 0. The molecular formula is C44H31N. The zero-order chi connectivity index (χ0) is 30.0. The molecule has 0 saturated carbocycles. The Morgan fingerprint density at radius 3 is 1.53 bits per heavy atom. The molecule has 0 aromatic heterocycles. The topological polar surface area (TPSA) is 3.24 Å². The van der Waals surface area contributed by atoms with E-state index in [9.17, 15) is 0 Å². The van der Waals surface area contributed by atoms with Crippen molar-refractivity contribution in [3.63, 3.8) is 0 Å². The van der Waals surface area contributed by atoms with Crippen LogP contribution in [0.3, 0.4) is 0 Å². The van der Waals surface area contributed by atoms with Gasteiger partial charge in [0.05, 0.1) is 0 Å². The van der Waals surface area contributed by atoms with Crippen LogP contribution in [0, 0.1) is 0 Å². The summed E-state index contributed by atoms with van der Waals surface area (Å²) in [6.07, 6.45) is 0. The number of hydrogen-bond acceptors (Lipinski definition) is 1. The van der Waals surface area contributed by atoms with Crippen molar-refractivity contribution in [3.05, 3.63) is 188 Å². The molecule has 0 spiro atoms. The molecule has 0 aliphatic carbocycles. The monoisotopic (exact) mass is 573 g/mol. The molecule has 0 N–H and O–H groups in total. The van der Waals surface area contributed by atoms with Gasteiger partial charge in [0.25, 0.3) is 0 Å². The Bertz CT molecular complexity index is 2210. The molecule has 8 aromatic carbocycles. The average Bonchev–Trinajstić information content (AvgIpc) is 3.13. The number of fused-ring (bicyclic) bond motifs is 3. The first-order valence-electron chi connectivity index (χ1n) is 15.4. The molecule has 0 aliphatic rings. The molecule has 0 radical (unpaired) electrons. The molecule has 8 rings (SSSR count). The highest BCUT2D eigenvalue weighted by molar-refractivity contribution is 6.18. The third-order valence-electron chi connectivity index (χ3n) is 8.61. The van der Waals surface area contributed by atoms with Gasteiger partial charge in [0.2, 0.25) is 0 Å². The summed E-state index contributed by atoms with van der Waals surface area (Å²) in [6.45, 7) is 0. The molecule has 8 aromatic rings. The van der Waals surface area contributed by atoms with Crippen molar-refractivity contribution >= 4 is 38.6 Å². The maximum absolute atomic E-state index is 2.37. The van der Waals surface area contributed by atoms with E-state index in [1.807, 2.05) is 0 Å². The Hall–Kier alpha value is -5.92. The second-order valence-corrected chi connectivity index (χ2v) is 11.4. The minimum Gasteiger partial charge on any atom is -0.310 e. The van der Waals surface area contributed by atoms with Crippen LogP contribution >= 0.6 is 0 Å². The number of benzene rings is 8. The maximum Gasteiger partial charge on any atom is 0.0467 e. The van der Waals surface area contributed by atoms with E-state index in [4.69, 9.17) is 0 Å². The molecule has 212 valence electrons. The summed E-state index contributed by atoms with van der Waals surface area (Å²) in [7, 11) is 0. The number of hydrogen-bond donors (Lipinski definition) is 0. The van der Waals surface area contributed by atoms with Gasteiger partial charge in [0, 0.05) is 17.1 Å². The second-order valence-electron chi connectivity index (χ2n) is 11.4. The molecule has 0 unspecified atom stereocenters. The normalized spacial score (nSPS) is 11.1. The summed E-state index contributed by atoms with van der Waals surface area (Å²) in [5.41, 5.74) is 10.7. The van der Waals surface area contributed by atoms with Gasteiger partial charge in [-0.2, -0.15) is 0 Å². The van der Waals surface area contributed by atoms with Crippen LogP contribution in [-0.4, -0.2) is 0 Å². The van der Waals surface area contributed by atoms with E-state index >= 15 is 0 Å². The van der Waals surface area contributed by atoms with Crippen LogP contribution in [0.25, 0.3) is 54.9 Å². The fourth-order valence-electron chi connectivity index (χ4n) is 6.54. The number of anilines is 3. The number of rotatable bonds is 6. The zero-order valence-corrected chi connectivity index (χ0v) is 24.8. The Balaban J connectivity index is 1.30. The molecule has 0 atom stereocenters. The van der Waals surface area contributed by atoms with Crippen LogP contribution in [0.4, 0.5) is 17.1 Å². The molecule has 0 amide bonds. The summed E-state index contributed by atoms with van der Waals surface area (Å²) < 4.78 is 0. The minimum absolute atomic E-state index is 1.12. The van der Waals surface area contributed by atoms with Crippen LogP contribution in [0.1, 0.15) is 0 Å². The van der Waals surface area contributed by atoms with Crippen LogP contribution in [0.5, 0.6) is 0 Å². The second kappa shape index (κ2) is 11.6. The molecule has 0 aliphatic heterocycles. The zero-order valence-electron chi connectivity index (χ0n) is 24.8. The van der Waals surface area contributed by atoms with Gasteiger partial charge in [-0.1, -0.05) is 140 Å². The van der Waals surface area contributed by atoms with Crippen LogP contribution in [-0.2, 0) is 0 Å². The molecule has 1 heteroatoms. The van der Waals surface area contributed by atoms with Gasteiger partial charge in [-0.05, 0) is 103 Å². The van der Waals surface area contributed by atoms with Gasteiger partial charge in [-0.25, -0.2) is 0 Å². The van der Waals surface area contributed by atoms with E-state index in [2.05, 4.69) is 193 Å². The standard InChI is InChI=1S/C44H31N/c1-4-15-32(16-5-1)41-27-14-28-42-40-26-11-10-17-36(40)31-43(44(41)42)35-20-12-18-33(29-35)34-19-13-25-39(30-34)45(37-21-6-2-7-22-37)38-23-8-3-9-24-38/h1-31H. The molecule has 0 heterocycles. The third kappa shape index (κ3) is 5.05. The van der Waals surface area contributed by atoms with Gasteiger partial charge in [0.15, 0.2) is 0 Å². The Kier molecular flexibility index (Phi) is 6.90. The predicted octanol–water partition coefficient (Wildman–Crippen LogP) is 12.5. The van der Waals surface area contributed by atoms with E-state index in [0.29, 0.717) is 0 Å². The van der Waals surface area contributed by atoms with E-state index in [-0.39, 0.29) is 0 Å². The molecule has 0 fully saturated rings. The number of nitrogens with zero attached hydrogens (tertiary/aromatic N) is 1. The summed E-state index contributed by atoms with van der Waals surface area (Å²) in [6, 6.07) is 67.6. The van der Waals surface area contributed by atoms with Gasteiger partial charge in [-0.3, -0.25) is 0 Å². The van der Waals surface area contributed by atoms with Crippen LogP contribution in [0.2, 0.25) is 0 Å². The van der Waals surface area contributed by atoms with Crippen molar-refractivity contribution in [2.45, 2.75) is 0 Å². The van der Waals surface area contributed by atoms with E-state index in [0.717, 1.165) is 17.1 Å². The van der Waals surface area contributed by atoms with Crippen molar-refractivity contribution in [1.29, 1.82) is 0 Å². The third-order valence-corrected chi connectivity index (χ3v) is 8.61. The lowest BCUT2D eigenvalue weighted by molar-refractivity contribution is 1.28. The Morgan fingerprint density at radius 1 is 0.289 bits per heavy atom. The lowest BCUT2D eigenvalue weighted by Crippen LogP contribution is -2.09. The van der Waals surface area contributed by atoms with Crippen molar-refractivity contribution in [2.75, 3.05) is 4.90 Å². The van der Waals surface area contributed by atoms with Crippen LogP contribution in [0.15, 0.2) is 188 Å². The first kappa shape index (κ1) is 26.7. The number of para-hydroxylation sites is 2. The van der Waals surface area contributed by atoms with E-state index < -0.39 is 0 Å². The molecular weight excluding hydrogens is 542 g/mol. The fraction of sp³-hybridized carbons (Fsp3) is 0. The predicted molar refractivity (Wildman–Crippen MR) is 192 cm³/mol. The van der Waals surface area contributed by atoms with Crippen LogP contribution < -0.4 is 4.90 Å². The van der Waals surface area contributed by atoms with Crippen molar-refractivity contribution < 1.29 is 0 Å². The molecule has 0 saturated heterocycles. The van der Waals surface area contributed by atoms with Crippen molar-refractivity contribution in [1.82, 2.24) is 0 Å². The van der Waals surface area contributed by atoms with E-state index in [1.54, 1.807) is 0 Å². The van der Waals surface area contributed by atoms with Gasteiger partial charge in [0.1, 0.15) is 0 Å². The highest BCUT2D eigenvalue weighted by Gasteiger charge is 2.16. The average molecular weight is 574 g/mol. The summed E-state index contributed by atoms with van der Waals surface area (Å²) in [5, 5.41) is 5.09. The summed E-state index contributed by atoms with van der Waals surface area (Å²) in [4.78, 5) is 2.32. The van der Waals surface area contributed by atoms with Crippen molar-refractivity contribution in [3.8, 4) is 33.4 Å². The Morgan fingerprint density at radius 2 is 0.800 bits per heavy atom. The quantitative estimate of drug-likeness (QED) is 0.179. The lowest BCUT2D eigenvalue weighted by atomic mass is 9.87. The van der Waals surface area contributed by atoms with Gasteiger partial charge < -0.3 is 4.90 Å². The smallest absolute Gasteiger partial charge is 0.0467 e. The minimum atomic E-state index is 1.12.